The molecule has 0 aliphatic heterocycles. The molecule has 0 fully saturated rings. The summed E-state index contributed by atoms with van der Waals surface area (Å²) in [5.41, 5.74) is 0.744. The predicted molar refractivity (Wildman–Crippen MR) is 110 cm³/mol. The molecule has 1 unspecified atom stereocenters. The van der Waals surface area contributed by atoms with Gasteiger partial charge in [0.05, 0.1) is 26.0 Å². The normalized spacial score (nSPS) is 11.3. The van der Waals surface area contributed by atoms with Gasteiger partial charge in [-0.1, -0.05) is 30.3 Å². The lowest BCUT2D eigenvalue weighted by atomic mass is 10.1. The lowest BCUT2D eigenvalue weighted by Crippen LogP contribution is -2.35. The molecule has 1 aromatic heterocycles. The van der Waals surface area contributed by atoms with Crippen molar-refractivity contribution in [1.29, 1.82) is 0 Å². The molecule has 1 atom stereocenters. The van der Waals surface area contributed by atoms with Crippen molar-refractivity contribution in [3.05, 3.63) is 83.8 Å². The molecular weight excluding hydrogens is 402 g/mol. The molecule has 0 aliphatic rings. The summed E-state index contributed by atoms with van der Waals surface area (Å²) in [5.74, 6) is -0.961. The Kier molecular flexibility index (Phi) is 7.05. The maximum atomic E-state index is 12.8. The van der Waals surface area contributed by atoms with E-state index in [9.17, 15) is 14.4 Å². The van der Waals surface area contributed by atoms with Crippen molar-refractivity contribution in [2.24, 2.45) is 0 Å². The van der Waals surface area contributed by atoms with Gasteiger partial charge in [0.15, 0.2) is 18.4 Å². The molecule has 8 heteroatoms. The van der Waals surface area contributed by atoms with Crippen molar-refractivity contribution in [2.75, 3.05) is 20.8 Å². The van der Waals surface area contributed by atoms with Crippen molar-refractivity contribution < 1.29 is 33.0 Å². The second-order valence-electron chi connectivity index (χ2n) is 6.39. The average Bonchev–Trinajstić information content (AvgIpc) is 3.36. The van der Waals surface area contributed by atoms with Gasteiger partial charge >= 0.3 is 5.97 Å². The van der Waals surface area contributed by atoms with Crippen LogP contribution >= 0.6 is 0 Å². The number of esters is 1. The number of ketones is 1. The van der Waals surface area contributed by atoms with Gasteiger partial charge in [0.2, 0.25) is 5.78 Å². The fraction of sp³-hybridized carbons (Fsp3) is 0.174. The summed E-state index contributed by atoms with van der Waals surface area (Å²) in [4.78, 5) is 37.8. The van der Waals surface area contributed by atoms with Crippen LogP contribution in [-0.2, 0) is 9.53 Å². The smallest absolute Gasteiger partial charge is 0.333 e. The molecule has 3 rings (SSSR count). The summed E-state index contributed by atoms with van der Waals surface area (Å²) in [5, 5.41) is 2.58. The Labute approximate surface area is 178 Å². The first-order valence-corrected chi connectivity index (χ1v) is 9.34. The number of amides is 1. The Hall–Kier alpha value is -4.07. The Morgan fingerprint density at radius 2 is 1.74 bits per heavy atom. The average molecular weight is 423 g/mol. The highest BCUT2D eigenvalue weighted by Gasteiger charge is 2.27. The van der Waals surface area contributed by atoms with E-state index in [0.717, 1.165) is 0 Å². The molecule has 3 aromatic rings. The van der Waals surface area contributed by atoms with Crippen molar-refractivity contribution in [1.82, 2.24) is 5.32 Å². The molecule has 8 nitrogen and oxygen atoms in total. The maximum absolute atomic E-state index is 12.8. The van der Waals surface area contributed by atoms with Crippen LogP contribution in [-0.4, -0.2) is 38.5 Å². The number of hydrogen-bond donors (Lipinski definition) is 1. The highest BCUT2D eigenvalue weighted by Crippen LogP contribution is 2.25. The summed E-state index contributed by atoms with van der Waals surface area (Å²) in [6.45, 7) is -0.526. The van der Waals surface area contributed by atoms with E-state index in [0.29, 0.717) is 17.1 Å². The number of carbonyl (C=O) groups is 3. The van der Waals surface area contributed by atoms with Gasteiger partial charge in [-0.2, -0.15) is 0 Å². The van der Waals surface area contributed by atoms with Crippen LogP contribution in [0.15, 0.2) is 71.3 Å². The number of carbonyl (C=O) groups excluding carboxylic acids is 3. The third kappa shape index (κ3) is 5.30. The van der Waals surface area contributed by atoms with Crippen molar-refractivity contribution >= 4 is 17.7 Å². The number of Topliss-reactive ketones (excluding diaryl/α,β-unsaturated/α-hetero) is 1. The zero-order valence-corrected chi connectivity index (χ0v) is 17.0. The molecular formula is C23H21NO7. The minimum absolute atomic E-state index is 0.0489. The standard InChI is InChI=1S/C23H21NO7/c1-28-16-10-11-17(20(13-16)29-2)18(25)14-31-23(27)21(15-7-4-3-5-8-15)24-22(26)19-9-6-12-30-19/h3-13,21H,14H2,1-2H3,(H,24,26). The highest BCUT2D eigenvalue weighted by molar-refractivity contribution is 6.01. The van der Waals surface area contributed by atoms with E-state index >= 15 is 0 Å². The minimum atomic E-state index is -1.12. The van der Waals surface area contributed by atoms with Gasteiger partial charge in [-0.15, -0.1) is 0 Å². The topological polar surface area (TPSA) is 104 Å². The molecule has 2 aromatic carbocycles. The van der Waals surface area contributed by atoms with Gasteiger partial charge in [0.25, 0.3) is 5.91 Å². The third-order valence-corrected chi connectivity index (χ3v) is 4.44. The van der Waals surface area contributed by atoms with E-state index in [2.05, 4.69) is 5.32 Å². The van der Waals surface area contributed by atoms with Crippen molar-refractivity contribution in [3.8, 4) is 11.5 Å². The molecule has 0 aliphatic carbocycles. The number of methoxy groups -OCH3 is 2. The van der Waals surface area contributed by atoms with Gasteiger partial charge in [0, 0.05) is 6.07 Å². The largest absolute Gasteiger partial charge is 0.497 e. The van der Waals surface area contributed by atoms with Crippen LogP contribution in [0.4, 0.5) is 0 Å². The predicted octanol–water partition coefficient (Wildman–Crippen LogP) is 3.19. The molecule has 0 spiro atoms. The Bertz CT molecular complexity index is 1050. The van der Waals surface area contributed by atoms with Crippen molar-refractivity contribution in [2.45, 2.75) is 6.04 Å². The summed E-state index contributed by atoms with van der Waals surface area (Å²) >= 11 is 0. The fourth-order valence-corrected chi connectivity index (χ4v) is 2.86. The Morgan fingerprint density at radius 3 is 2.39 bits per heavy atom. The number of furan rings is 1. The van der Waals surface area contributed by atoms with Gasteiger partial charge < -0.3 is 23.9 Å². The second kappa shape index (κ2) is 10.1. The molecule has 31 heavy (non-hydrogen) atoms. The molecule has 0 radical (unpaired) electrons. The van der Waals surface area contributed by atoms with Crippen LogP contribution in [0.25, 0.3) is 0 Å². The molecule has 1 N–H and O–H groups in total. The van der Waals surface area contributed by atoms with Crippen LogP contribution in [0.2, 0.25) is 0 Å². The minimum Gasteiger partial charge on any atom is -0.497 e. The van der Waals surface area contributed by atoms with Gasteiger partial charge in [-0.05, 0) is 29.8 Å². The van der Waals surface area contributed by atoms with Crippen LogP contribution in [0.1, 0.15) is 32.5 Å². The first-order valence-electron chi connectivity index (χ1n) is 9.34. The quantitative estimate of drug-likeness (QED) is 0.416. The van der Waals surface area contributed by atoms with E-state index in [-0.39, 0.29) is 11.3 Å². The van der Waals surface area contributed by atoms with E-state index in [1.807, 2.05) is 0 Å². The maximum Gasteiger partial charge on any atom is 0.333 e. The second-order valence-corrected chi connectivity index (χ2v) is 6.39. The monoisotopic (exact) mass is 423 g/mol. The molecule has 0 bridgehead atoms. The summed E-state index contributed by atoms with van der Waals surface area (Å²) < 4.78 is 20.6. The lowest BCUT2D eigenvalue weighted by molar-refractivity contribution is -0.145. The third-order valence-electron chi connectivity index (χ3n) is 4.44. The fourth-order valence-electron chi connectivity index (χ4n) is 2.86. The van der Waals surface area contributed by atoms with E-state index in [1.54, 1.807) is 48.5 Å². The lowest BCUT2D eigenvalue weighted by Gasteiger charge is -2.17. The Morgan fingerprint density at radius 1 is 0.968 bits per heavy atom. The van der Waals surface area contributed by atoms with Crippen LogP contribution < -0.4 is 14.8 Å². The SMILES string of the molecule is COc1ccc(C(=O)COC(=O)C(NC(=O)c2ccco2)c2ccccc2)c(OC)c1. The first-order chi connectivity index (χ1) is 15.0. The number of nitrogens with one attached hydrogen (secondary N) is 1. The molecule has 1 heterocycles. The zero-order chi connectivity index (χ0) is 22.2. The molecule has 160 valence electrons. The van der Waals surface area contributed by atoms with Crippen LogP contribution in [0.5, 0.6) is 11.5 Å². The summed E-state index contributed by atoms with van der Waals surface area (Å²) in [6.07, 6.45) is 1.35. The number of benzene rings is 2. The van der Waals surface area contributed by atoms with Gasteiger partial charge in [0.1, 0.15) is 11.5 Å². The summed E-state index contributed by atoms with van der Waals surface area (Å²) in [7, 11) is 2.92. The van der Waals surface area contributed by atoms with E-state index < -0.39 is 30.3 Å². The molecule has 0 saturated carbocycles. The number of ether oxygens (including phenoxy) is 3. The van der Waals surface area contributed by atoms with E-state index in [1.165, 1.54) is 32.6 Å². The van der Waals surface area contributed by atoms with Gasteiger partial charge in [-0.25, -0.2) is 4.79 Å². The first kappa shape index (κ1) is 21.6. The Balaban J connectivity index is 1.73. The number of rotatable bonds is 9. The number of hydrogen-bond acceptors (Lipinski definition) is 7. The van der Waals surface area contributed by atoms with E-state index in [4.69, 9.17) is 18.6 Å². The van der Waals surface area contributed by atoms with Crippen LogP contribution in [0, 0.1) is 0 Å². The molecule has 1 amide bonds. The molecule has 0 saturated heterocycles. The van der Waals surface area contributed by atoms with Crippen molar-refractivity contribution in [3.63, 3.8) is 0 Å². The van der Waals surface area contributed by atoms with Gasteiger partial charge in [-0.3, -0.25) is 9.59 Å². The summed E-state index contributed by atoms with van der Waals surface area (Å²) in [6, 6.07) is 15.2. The van der Waals surface area contributed by atoms with Crippen LogP contribution in [0.3, 0.4) is 0 Å². The highest BCUT2D eigenvalue weighted by atomic mass is 16.5. The zero-order valence-electron chi connectivity index (χ0n) is 17.0.